The Kier molecular flexibility index (Phi) is 4.83. The fourth-order valence-corrected chi connectivity index (χ4v) is 1.44. The summed E-state index contributed by atoms with van der Waals surface area (Å²) < 4.78 is 10.8. The van der Waals surface area contributed by atoms with Crippen molar-refractivity contribution in [3.63, 3.8) is 0 Å². The lowest BCUT2D eigenvalue weighted by molar-refractivity contribution is -0.116. The van der Waals surface area contributed by atoms with Crippen LogP contribution in [-0.4, -0.2) is 19.5 Å². The number of ketones is 1. The Labute approximate surface area is 96.4 Å². The molecule has 0 N–H and O–H groups in total. The van der Waals surface area contributed by atoms with Gasteiger partial charge in [0.05, 0.1) is 13.7 Å². The third kappa shape index (κ3) is 3.57. The lowest BCUT2D eigenvalue weighted by Gasteiger charge is -2.11. The van der Waals surface area contributed by atoms with E-state index in [9.17, 15) is 4.79 Å². The van der Waals surface area contributed by atoms with Gasteiger partial charge in [0.2, 0.25) is 0 Å². The van der Waals surface area contributed by atoms with Crippen molar-refractivity contribution in [1.82, 2.24) is 0 Å². The molecule has 88 valence electrons. The molecule has 0 aromatic heterocycles. The van der Waals surface area contributed by atoms with E-state index in [1.165, 1.54) is 0 Å². The summed E-state index contributed by atoms with van der Waals surface area (Å²) in [7, 11) is 1.60. The zero-order valence-electron chi connectivity index (χ0n) is 10.1. The molecule has 0 radical (unpaired) electrons. The normalized spacial score (nSPS) is 9.94. The molecule has 0 amide bonds. The van der Waals surface area contributed by atoms with Crippen LogP contribution >= 0.6 is 0 Å². The van der Waals surface area contributed by atoms with Gasteiger partial charge in [0, 0.05) is 6.42 Å². The number of ether oxygens (including phenoxy) is 2. The van der Waals surface area contributed by atoms with E-state index < -0.39 is 0 Å². The Bertz CT molecular complexity index is 358. The Hall–Kier alpha value is -1.51. The molecule has 0 fully saturated rings. The molecule has 1 aromatic rings. The van der Waals surface area contributed by atoms with Gasteiger partial charge in [0.25, 0.3) is 0 Å². The molecule has 0 aliphatic rings. The standard InChI is InChI=1S/C13H18O3/c1-4-7-16-12-6-5-11(8-10(2)14)9-13(12)15-3/h5-6,9H,4,7-8H2,1-3H3. The first-order valence-corrected chi connectivity index (χ1v) is 5.46. The van der Waals surface area contributed by atoms with Crippen molar-refractivity contribution >= 4 is 5.78 Å². The molecule has 0 spiro atoms. The fourth-order valence-electron chi connectivity index (χ4n) is 1.44. The summed E-state index contributed by atoms with van der Waals surface area (Å²) in [4.78, 5) is 11.0. The van der Waals surface area contributed by atoms with E-state index >= 15 is 0 Å². The highest BCUT2D eigenvalue weighted by Crippen LogP contribution is 2.28. The van der Waals surface area contributed by atoms with E-state index in [-0.39, 0.29) is 5.78 Å². The first-order valence-electron chi connectivity index (χ1n) is 5.46. The summed E-state index contributed by atoms with van der Waals surface area (Å²) in [5.41, 5.74) is 0.952. The number of hydrogen-bond acceptors (Lipinski definition) is 3. The predicted molar refractivity (Wildman–Crippen MR) is 63.2 cm³/mol. The molecule has 16 heavy (non-hydrogen) atoms. The minimum Gasteiger partial charge on any atom is -0.493 e. The van der Waals surface area contributed by atoms with Gasteiger partial charge in [0.1, 0.15) is 5.78 Å². The number of benzene rings is 1. The third-order valence-electron chi connectivity index (χ3n) is 2.14. The number of carbonyl (C=O) groups excluding carboxylic acids is 1. The second-order valence-corrected chi connectivity index (χ2v) is 3.71. The molecule has 0 aliphatic carbocycles. The summed E-state index contributed by atoms with van der Waals surface area (Å²) >= 11 is 0. The summed E-state index contributed by atoms with van der Waals surface area (Å²) in [6.45, 7) is 4.30. The van der Waals surface area contributed by atoms with Crippen LogP contribution in [0.2, 0.25) is 0 Å². The highest BCUT2D eigenvalue weighted by Gasteiger charge is 2.06. The number of hydrogen-bond donors (Lipinski definition) is 0. The monoisotopic (exact) mass is 222 g/mol. The van der Waals surface area contributed by atoms with Crippen molar-refractivity contribution in [3.8, 4) is 11.5 Å². The zero-order valence-corrected chi connectivity index (χ0v) is 10.1. The number of Topliss-reactive ketones (excluding diaryl/α,β-unsaturated/α-hetero) is 1. The minimum absolute atomic E-state index is 0.143. The maximum absolute atomic E-state index is 11.0. The molecular weight excluding hydrogens is 204 g/mol. The quantitative estimate of drug-likeness (QED) is 0.742. The van der Waals surface area contributed by atoms with Crippen molar-refractivity contribution in [2.45, 2.75) is 26.7 Å². The molecule has 0 bridgehead atoms. The van der Waals surface area contributed by atoms with Crippen molar-refractivity contribution in [2.75, 3.05) is 13.7 Å². The Morgan fingerprint density at radius 1 is 1.31 bits per heavy atom. The van der Waals surface area contributed by atoms with Gasteiger partial charge in [-0.3, -0.25) is 4.79 Å². The Morgan fingerprint density at radius 3 is 2.62 bits per heavy atom. The summed E-state index contributed by atoms with van der Waals surface area (Å²) in [6, 6.07) is 5.61. The summed E-state index contributed by atoms with van der Waals surface area (Å²) in [5.74, 6) is 1.56. The fraction of sp³-hybridized carbons (Fsp3) is 0.462. The Balaban J connectivity index is 2.83. The van der Waals surface area contributed by atoms with Crippen LogP contribution in [-0.2, 0) is 11.2 Å². The van der Waals surface area contributed by atoms with Crippen LogP contribution in [0.1, 0.15) is 25.8 Å². The van der Waals surface area contributed by atoms with Gasteiger partial charge in [-0.15, -0.1) is 0 Å². The van der Waals surface area contributed by atoms with E-state index in [2.05, 4.69) is 6.92 Å². The molecule has 0 aliphatic heterocycles. The molecule has 1 aromatic carbocycles. The van der Waals surface area contributed by atoms with Crippen LogP contribution in [0.5, 0.6) is 11.5 Å². The van der Waals surface area contributed by atoms with Crippen molar-refractivity contribution in [1.29, 1.82) is 0 Å². The van der Waals surface area contributed by atoms with Crippen LogP contribution in [0.25, 0.3) is 0 Å². The second-order valence-electron chi connectivity index (χ2n) is 3.71. The van der Waals surface area contributed by atoms with Crippen molar-refractivity contribution in [2.24, 2.45) is 0 Å². The van der Waals surface area contributed by atoms with E-state index in [4.69, 9.17) is 9.47 Å². The van der Waals surface area contributed by atoms with Crippen LogP contribution < -0.4 is 9.47 Å². The Morgan fingerprint density at radius 2 is 2.06 bits per heavy atom. The molecule has 0 heterocycles. The first-order chi connectivity index (χ1) is 7.67. The van der Waals surface area contributed by atoms with E-state index in [0.29, 0.717) is 18.8 Å². The summed E-state index contributed by atoms with van der Waals surface area (Å²) in [5, 5.41) is 0. The number of methoxy groups -OCH3 is 1. The van der Waals surface area contributed by atoms with Gasteiger partial charge >= 0.3 is 0 Å². The second kappa shape index (κ2) is 6.16. The predicted octanol–water partition coefficient (Wildman–Crippen LogP) is 2.62. The van der Waals surface area contributed by atoms with Crippen molar-refractivity contribution in [3.05, 3.63) is 23.8 Å². The lowest BCUT2D eigenvalue weighted by atomic mass is 10.1. The molecule has 0 atom stereocenters. The maximum Gasteiger partial charge on any atom is 0.161 e. The van der Waals surface area contributed by atoms with Gasteiger partial charge < -0.3 is 9.47 Å². The van der Waals surface area contributed by atoms with Crippen LogP contribution in [0.15, 0.2) is 18.2 Å². The molecule has 0 saturated heterocycles. The molecule has 3 nitrogen and oxygen atoms in total. The van der Waals surface area contributed by atoms with Crippen LogP contribution in [0, 0.1) is 0 Å². The van der Waals surface area contributed by atoms with Gasteiger partial charge in [-0.25, -0.2) is 0 Å². The maximum atomic E-state index is 11.0. The van der Waals surface area contributed by atoms with E-state index in [0.717, 1.165) is 17.7 Å². The highest BCUT2D eigenvalue weighted by molar-refractivity contribution is 5.78. The number of carbonyl (C=O) groups is 1. The molecule has 0 unspecified atom stereocenters. The van der Waals surface area contributed by atoms with E-state index in [1.807, 2.05) is 18.2 Å². The number of rotatable bonds is 6. The highest BCUT2D eigenvalue weighted by atomic mass is 16.5. The van der Waals surface area contributed by atoms with Crippen LogP contribution in [0.3, 0.4) is 0 Å². The molecule has 1 rings (SSSR count). The van der Waals surface area contributed by atoms with Crippen LogP contribution in [0.4, 0.5) is 0 Å². The third-order valence-corrected chi connectivity index (χ3v) is 2.14. The minimum atomic E-state index is 0.143. The van der Waals surface area contributed by atoms with E-state index in [1.54, 1.807) is 14.0 Å². The average molecular weight is 222 g/mol. The average Bonchev–Trinajstić information content (AvgIpc) is 2.26. The van der Waals surface area contributed by atoms with Gasteiger partial charge in [-0.2, -0.15) is 0 Å². The largest absolute Gasteiger partial charge is 0.493 e. The molecule has 3 heteroatoms. The first kappa shape index (κ1) is 12.6. The lowest BCUT2D eigenvalue weighted by Crippen LogP contribution is -2.00. The molecular formula is C13H18O3. The SMILES string of the molecule is CCCOc1ccc(CC(C)=O)cc1OC. The van der Waals surface area contributed by atoms with Gasteiger partial charge in [-0.1, -0.05) is 13.0 Å². The summed E-state index contributed by atoms with van der Waals surface area (Å²) in [6.07, 6.45) is 1.39. The molecule has 0 saturated carbocycles. The zero-order chi connectivity index (χ0) is 12.0. The van der Waals surface area contributed by atoms with Gasteiger partial charge in [0.15, 0.2) is 11.5 Å². The topological polar surface area (TPSA) is 35.5 Å². The smallest absolute Gasteiger partial charge is 0.161 e. The van der Waals surface area contributed by atoms with Crippen molar-refractivity contribution < 1.29 is 14.3 Å². The van der Waals surface area contributed by atoms with Gasteiger partial charge in [-0.05, 0) is 31.0 Å².